The maximum atomic E-state index is 11.8. The fraction of sp³-hybridized carbons (Fsp3) is 0.238. The highest BCUT2D eigenvalue weighted by molar-refractivity contribution is 5.97. The molecule has 0 N–H and O–H groups in total. The molecule has 0 radical (unpaired) electrons. The summed E-state index contributed by atoms with van der Waals surface area (Å²) in [5, 5.41) is 0. The third kappa shape index (κ3) is 5.48. The fourth-order valence-corrected chi connectivity index (χ4v) is 2.23. The minimum atomic E-state index is -0.384. The zero-order valence-electron chi connectivity index (χ0n) is 15.2. The van der Waals surface area contributed by atoms with Crippen molar-refractivity contribution in [3.8, 4) is 17.2 Å². The zero-order chi connectivity index (χ0) is 18.9. The van der Waals surface area contributed by atoms with Crippen molar-refractivity contribution in [3.05, 3.63) is 59.7 Å². The molecule has 2 aromatic carbocycles. The quantitative estimate of drug-likeness (QED) is 0.392. The monoisotopic (exact) mass is 354 g/mol. The van der Waals surface area contributed by atoms with Gasteiger partial charge in [0, 0.05) is 12.1 Å². The normalized spacial score (nSPS) is 10.6. The Labute approximate surface area is 153 Å². The van der Waals surface area contributed by atoms with E-state index >= 15 is 0 Å². The van der Waals surface area contributed by atoms with Crippen LogP contribution in [0.15, 0.2) is 48.5 Å². The van der Waals surface area contributed by atoms with Gasteiger partial charge >= 0.3 is 5.97 Å². The predicted molar refractivity (Wildman–Crippen MR) is 99.8 cm³/mol. The Balaban J connectivity index is 2.20. The van der Waals surface area contributed by atoms with E-state index in [9.17, 15) is 9.59 Å². The van der Waals surface area contributed by atoms with Gasteiger partial charge in [0.05, 0.1) is 19.3 Å². The molecule has 5 heteroatoms. The standard InChI is InChI=1S/C21H22O5/c1-4-12-25-21(23)11-8-16-6-5-7-18(13-16)26-20-14-17(24-3)9-10-19(20)15(2)22/h5-11,13-14H,4,12H2,1-3H3/b11-8+. The molecule has 5 nitrogen and oxygen atoms in total. The van der Waals surface area contributed by atoms with Gasteiger partial charge in [-0.2, -0.15) is 0 Å². The van der Waals surface area contributed by atoms with E-state index in [0.717, 1.165) is 12.0 Å². The van der Waals surface area contributed by atoms with Gasteiger partial charge in [0.2, 0.25) is 0 Å². The van der Waals surface area contributed by atoms with Crippen LogP contribution in [0.3, 0.4) is 0 Å². The molecule has 0 aliphatic carbocycles. The summed E-state index contributed by atoms with van der Waals surface area (Å²) in [6, 6.07) is 12.2. The van der Waals surface area contributed by atoms with E-state index in [0.29, 0.717) is 29.4 Å². The van der Waals surface area contributed by atoms with Crippen LogP contribution in [0.2, 0.25) is 0 Å². The summed E-state index contributed by atoms with van der Waals surface area (Å²) in [6.45, 7) is 3.82. The first kappa shape index (κ1) is 19.2. The third-order valence-electron chi connectivity index (χ3n) is 3.51. The first-order valence-electron chi connectivity index (χ1n) is 8.35. The van der Waals surface area contributed by atoms with Crippen LogP contribution in [-0.2, 0) is 9.53 Å². The maximum absolute atomic E-state index is 11.8. The van der Waals surface area contributed by atoms with Crippen molar-refractivity contribution in [2.24, 2.45) is 0 Å². The average Bonchev–Trinajstić information content (AvgIpc) is 2.64. The molecule has 26 heavy (non-hydrogen) atoms. The number of Topliss-reactive ketones (excluding diaryl/α,β-unsaturated/α-hetero) is 1. The Morgan fingerprint density at radius 2 is 1.88 bits per heavy atom. The van der Waals surface area contributed by atoms with Gasteiger partial charge < -0.3 is 14.2 Å². The Kier molecular flexibility index (Phi) is 6.97. The number of hydrogen-bond acceptors (Lipinski definition) is 5. The number of rotatable bonds is 8. The Morgan fingerprint density at radius 3 is 2.58 bits per heavy atom. The molecule has 0 fully saturated rings. The van der Waals surface area contributed by atoms with Crippen molar-refractivity contribution < 1.29 is 23.8 Å². The number of ether oxygens (including phenoxy) is 3. The van der Waals surface area contributed by atoms with Gasteiger partial charge in [0.15, 0.2) is 5.78 Å². The lowest BCUT2D eigenvalue weighted by Gasteiger charge is -2.11. The van der Waals surface area contributed by atoms with Gasteiger partial charge in [-0.3, -0.25) is 4.79 Å². The van der Waals surface area contributed by atoms with Crippen molar-refractivity contribution >= 4 is 17.8 Å². The first-order valence-corrected chi connectivity index (χ1v) is 8.35. The number of hydrogen-bond donors (Lipinski definition) is 0. The number of benzene rings is 2. The molecule has 0 bridgehead atoms. The fourth-order valence-electron chi connectivity index (χ4n) is 2.23. The number of carbonyl (C=O) groups excluding carboxylic acids is 2. The van der Waals surface area contributed by atoms with Gasteiger partial charge in [-0.15, -0.1) is 0 Å². The summed E-state index contributed by atoms with van der Waals surface area (Å²) in [7, 11) is 1.55. The molecule has 2 rings (SSSR count). The van der Waals surface area contributed by atoms with Crippen molar-refractivity contribution in [3.63, 3.8) is 0 Å². The first-order chi connectivity index (χ1) is 12.5. The van der Waals surface area contributed by atoms with Crippen LogP contribution < -0.4 is 9.47 Å². The number of esters is 1. The average molecular weight is 354 g/mol. The molecule has 0 spiro atoms. The van der Waals surface area contributed by atoms with Crippen LogP contribution in [0.5, 0.6) is 17.2 Å². The van der Waals surface area contributed by atoms with Crippen molar-refractivity contribution in [2.45, 2.75) is 20.3 Å². The smallest absolute Gasteiger partial charge is 0.330 e. The molecule has 0 aliphatic heterocycles. The molecule has 136 valence electrons. The van der Waals surface area contributed by atoms with E-state index in [-0.39, 0.29) is 11.8 Å². The summed E-state index contributed by atoms with van der Waals surface area (Å²) in [5.74, 6) is 1.08. The molecular weight excluding hydrogens is 332 g/mol. The van der Waals surface area contributed by atoms with Gasteiger partial charge in [-0.25, -0.2) is 4.79 Å². The summed E-state index contributed by atoms with van der Waals surface area (Å²) < 4.78 is 16.1. The van der Waals surface area contributed by atoms with E-state index in [1.165, 1.54) is 13.0 Å². The number of carbonyl (C=O) groups is 2. The molecule has 0 saturated carbocycles. The summed E-state index contributed by atoms with van der Waals surface area (Å²) in [6.07, 6.45) is 3.81. The van der Waals surface area contributed by atoms with Crippen LogP contribution >= 0.6 is 0 Å². The van der Waals surface area contributed by atoms with Crippen molar-refractivity contribution in [1.82, 2.24) is 0 Å². The topological polar surface area (TPSA) is 61.8 Å². The van der Waals surface area contributed by atoms with Crippen LogP contribution in [0.4, 0.5) is 0 Å². The number of ketones is 1. The van der Waals surface area contributed by atoms with E-state index in [1.54, 1.807) is 49.6 Å². The second-order valence-corrected chi connectivity index (χ2v) is 5.59. The van der Waals surface area contributed by atoms with Crippen LogP contribution in [0.1, 0.15) is 36.2 Å². The van der Waals surface area contributed by atoms with Crippen LogP contribution in [0, 0.1) is 0 Å². The van der Waals surface area contributed by atoms with Gasteiger partial charge in [-0.05, 0) is 49.2 Å². The second-order valence-electron chi connectivity index (χ2n) is 5.59. The lowest BCUT2D eigenvalue weighted by atomic mass is 10.1. The molecule has 0 saturated heterocycles. The largest absolute Gasteiger partial charge is 0.497 e. The zero-order valence-corrected chi connectivity index (χ0v) is 15.2. The minimum absolute atomic E-state index is 0.0997. The van der Waals surface area contributed by atoms with Gasteiger partial charge in [0.25, 0.3) is 0 Å². The van der Waals surface area contributed by atoms with Crippen molar-refractivity contribution in [2.75, 3.05) is 13.7 Å². The summed E-state index contributed by atoms with van der Waals surface area (Å²) in [5.41, 5.74) is 1.25. The molecule has 0 heterocycles. The third-order valence-corrected chi connectivity index (χ3v) is 3.51. The Hall–Kier alpha value is -3.08. The number of methoxy groups -OCH3 is 1. The molecule has 0 aliphatic rings. The van der Waals surface area contributed by atoms with E-state index < -0.39 is 0 Å². The molecular formula is C21H22O5. The SMILES string of the molecule is CCCOC(=O)/C=C/c1cccc(Oc2cc(OC)ccc2C(C)=O)c1. The van der Waals surface area contributed by atoms with Crippen LogP contribution in [-0.4, -0.2) is 25.5 Å². The van der Waals surface area contributed by atoms with Crippen molar-refractivity contribution in [1.29, 1.82) is 0 Å². The molecule has 0 unspecified atom stereocenters. The van der Waals surface area contributed by atoms with E-state index in [2.05, 4.69) is 0 Å². The highest BCUT2D eigenvalue weighted by Crippen LogP contribution is 2.30. The van der Waals surface area contributed by atoms with E-state index in [4.69, 9.17) is 14.2 Å². The lowest BCUT2D eigenvalue weighted by molar-refractivity contribution is -0.137. The Bertz CT molecular complexity index is 808. The highest BCUT2D eigenvalue weighted by Gasteiger charge is 2.11. The van der Waals surface area contributed by atoms with Gasteiger partial charge in [-0.1, -0.05) is 19.1 Å². The highest BCUT2D eigenvalue weighted by atomic mass is 16.5. The van der Waals surface area contributed by atoms with Crippen LogP contribution in [0.25, 0.3) is 6.08 Å². The van der Waals surface area contributed by atoms with E-state index in [1.807, 2.05) is 13.0 Å². The Morgan fingerprint density at radius 1 is 1.08 bits per heavy atom. The summed E-state index contributed by atoms with van der Waals surface area (Å²) in [4.78, 5) is 23.4. The molecule has 0 aromatic heterocycles. The predicted octanol–water partition coefficient (Wildman–Crippen LogP) is 4.66. The maximum Gasteiger partial charge on any atom is 0.330 e. The second kappa shape index (κ2) is 9.42. The van der Waals surface area contributed by atoms with Gasteiger partial charge in [0.1, 0.15) is 17.2 Å². The minimum Gasteiger partial charge on any atom is -0.497 e. The lowest BCUT2D eigenvalue weighted by Crippen LogP contribution is -2.00. The molecule has 2 aromatic rings. The molecule has 0 atom stereocenters. The summed E-state index contributed by atoms with van der Waals surface area (Å²) >= 11 is 0. The molecule has 0 amide bonds.